The number of hydrogen-bond acceptors (Lipinski definition) is 0. The second kappa shape index (κ2) is 5.05. The van der Waals surface area contributed by atoms with E-state index in [9.17, 15) is 0 Å². The molecule has 0 aliphatic rings. The molecule has 0 bridgehead atoms. The molecule has 0 radical (unpaired) electrons. The van der Waals surface area contributed by atoms with Crippen LogP contribution in [0.4, 0.5) is 0 Å². The summed E-state index contributed by atoms with van der Waals surface area (Å²) < 4.78 is 1.43. The van der Waals surface area contributed by atoms with Gasteiger partial charge in [0.15, 0.2) is 0 Å². The molecule has 0 aliphatic carbocycles. The Morgan fingerprint density at radius 1 is 1.23 bits per heavy atom. The average Bonchev–Trinajstić information content (AvgIpc) is 1.82. The predicted molar refractivity (Wildman–Crippen MR) is 56.3 cm³/mol. The Kier molecular flexibility index (Phi) is 5.07. The second-order valence-electron chi connectivity index (χ2n) is 4.31. The third-order valence-electron chi connectivity index (χ3n) is 1.81. The number of rotatable bonds is 2. The maximum atomic E-state index is 3.29. The van der Waals surface area contributed by atoms with Gasteiger partial charge in [-0.05, 0) is 0 Å². The Morgan fingerprint density at radius 2 is 1.69 bits per heavy atom. The quantitative estimate of drug-likeness (QED) is 0.530. The number of allylic oxidation sites excluding steroid dienone is 4. The standard InChI is InChI=1S/C12H19.W/c1-7-9-10(3)11(8-2)12(4,5)6;/h9H,1-6H3;/q-1;. The molecular formula is C12H19W-. The average molecular weight is 347 g/mol. The van der Waals surface area contributed by atoms with Crippen molar-refractivity contribution >= 4 is 3.90 Å². The van der Waals surface area contributed by atoms with Crippen LogP contribution < -0.4 is 0 Å². The van der Waals surface area contributed by atoms with Gasteiger partial charge in [-0.15, -0.1) is 0 Å². The van der Waals surface area contributed by atoms with E-state index in [1.54, 1.807) is 19.4 Å². The Labute approximate surface area is 93.5 Å². The van der Waals surface area contributed by atoms with Crippen molar-refractivity contribution in [3.63, 3.8) is 0 Å². The molecule has 0 aliphatic heterocycles. The van der Waals surface area contributed by atoms with Crippen molar-refractivity contribution in [1.29, 1.82) is 0 Å². The van der Waals surface area contributed by atoms with Gasteiger partial charge in [0.05, 0.1) is 0 Å². The summed E-state index contributed by atoms with van der Waals surface area (Å²) in [5, 5.41) is 0. The zero-order chi connectivity index (χ0) is 10.6. The second-order valence-corrected chi connectivity index (χ2v) is 6.63. The number of hydrogen-bond donors (Lipinski definition) is 0. The van der Waals surface area contributed by atoms with E-state index < -0.39 is 0 Å². The molecule has 0 fully saturated rings. The molecule has 0 atom stereocenters. The van der Waals surface area contributed by atoms with Crippen LogP contribution >= 0.6 is 0 Å². The summed E-state index contributed by atoms with van der Waals surface area (Å²) in [5.41, 5.74) is 2.88. The van der Waals surface area contributed by atoms with Crippen LogP contribution in [0, 0.1) is 11.5 Å². The van der Waals surface area contributed by atoms with E-state index in [2.05, 4.69) is 46.8 Å². The minimum atomic E-state index is 0.208. The molecule has 1 heteroatoms. The third kappa shape index (κ3) is 4.72. The fourth-order valence-corrected chi connectivity index (χ4v) is 2.18. The van der Waals surface area contributed by atoms with Gasteiger partial charge in [0.1, 0.15) is 0 Å². The van der Waals surface area contributed by atoms with E-state index in [1.807, 2.05) is 6.92 Å². The molecule has 0 rings (SSSR count). The van der Waals surface area contributed by atoms with Crippen molar-refractivity contribution in [2.75, 3.05) is 0 Å². The zero-order valence-electron chi connectivity index (χ0n) is 9.49. The van der Waals surface area contributed by atoms with Crippen LogP contribution in [0.3, 0.4) is 0 Å². The molecule has 13 heavy (non-hydrogen) atoms. The molecule has 74 valence electrons. The first-order valence-corrected chi connectivity index (χ1v) is 6.00. The van der Waals surface area contributed by atoms with Gasteiger partial charge in [0.2, 0.25) is 0 Å². The molecule has 0 N–H and O–H groups in total. The molecule has 0 amide bonds. The topological polar surface area (TPSA) is 0 Å². The molecule has 0 heterocycles. The molecule has 0 aromatic rings. The summed E-state index contributed by atoms with van der Waals surface area (Å²) in [4.78, 5) is 0. The van der Waals surface area contributed by atoms with E-state index in [1.165, 1.54) is 15.0 Å². The summed E-state index contributed by atoms with van der Waals surface area (Å²) in [6, 6.07) is 0. The molecule has 0 nitrogen and oxygen atoms in total. The Balaban J connectivity index is 4.94. The van der Waals surface area contributed by atoms with Gasteiger partial charge in [-0.3, -0.25) is 0 Å². The first-order chi connectivity index (χ1) is 5.79. The summed E-state index contributed by atoms with van der Waals surface area (Å²) in [6.45, 7) is 13.0. The molecule has 0 aromatic heterocycles. The van der Waals surface area contributed by atoms with Crippen LogP contribution in [0.2, 0.25) is 0 Å². The van der Waals surface area contributed by atoms with Crippen molar-refractivity contribution in [3.8, 4) is 0 Å². The molecular weight excluding hydrogens is 328 g/mol. The summed E-state index contributed by atoms with van der Waals surface area (Å²) in [7, 11) is 0. The first-order valence-electron chi connectivity index (χ1n) is 4.53. The van der Waals surface area contributed by atoms with Crippen molar-refractivity contribution < 1.29 is 19.4 Å². The van der Waals surface area contributed by atoms with Gasteiger partial charge in [-0.25, -0.2) is 0 Å². The van der Waals surface area contributed by atoms with Gasteiger partial charge in [0.25, 0.3) is 0 Å². The summed E-state index contributed by atoms with van der Waals surface area (Å²) >= 11 is 1.54. The normalized spacial score (nSPS) is 14.6. The zero-order valence-corrected chi connectivity index (χ0v) is 12.4. The van der Waals surface area contributed by atoms with Gasteiger partial charge < -0.3 is 0 Å². The van der Waals surface area contributed by atoms with Crippen molar-refractivity contribution in [2.24, 2.45) is 5.41 Å². The predicted octanol–water partition coefficient (Wildman–Crippen LogP) is 3.47. The van der Waals surface area contributed by atoms with Crippen LogP contribution in [-0.2, 0) is 19.4 Å². The van der Waals surface area contributed by atoms with Crippen molar-refractivity contribution in [3.05, 3.63) is 23.3 Å². The Morgan fingerprint density at radius 3 is 1.92 bits per heavy atom. The SMILES string of the molecule is C[C-]=C(C(C)=C[C](C)=[W])C(C)(C)C. The summed E-state index contributed by atoms with van der Waals surface area (Å²) in [6.07, 6.45) is 5.55. The van der Waals surface area contributed by atoms with Gasteiger partial charge in [-0.1, -0.05) is 0 Å². The Hall–Kier alpha value is 0.0383. The summed E-state index contributed by atoms with van der Waals surface area (Å²) in [5.74, 6) is 0. The van der Waals surface area contributed by atoms with E-state index >= 15 is 0 Å². The molecule has 0 aromatic carbocycles. The fraction of sp³-hybridized carbons (Fsp3) is 0.583. The van der Waals surface area contributed by atoms with Crippen molar-refractivity contribution in [2.45, 2.75) is 41.5 Å². The van der Waals surface area contributed by atoms with Crippen molar-refractivity contribution in [1.82, 2.24) is 0 Å². The van der Waals surface area contributed by atoms with Gasteiger partial charge in [0, 0.05) is 0 Å². The first kappa shape index (κ1) is 13.0. The maximum absolute atomic E-state index is 3.29. The van der Waals surface area contributed by atoms with E-state index in [4.69, 9.17) is 0 Å². The van der Waals surface area contributed by atoms with Gasteiger partial charge >= 0.3 is 93.5 Å². The monoisotopic (exact) mass is 347 g/mol. The van der Waals surface area contributed by atoms with E-state index in [0.29, 0.717) is 0 Å². The van der Waals surface area contributed by atoms with Crippen LogP contribution in [0.15, 0.2) is 17.2 Å². The van der Waals surface area contributed by atoms with E-state index in [0.717, 1.165) is 0 Å². The molecule has 0 unspecified atom stereocenters. The Bertz CT molecular complexity index is 249. The molecule has 0 saturated carbocycles. The fourth-order valence-electron chi connectivity index (χ4n) is 1.54. The van der Waals surface area contributed by atoms with Crippen LogP contribution in [0.25, 0.3) is 0 Å². The van der Waals surface area contributed by atoms with Crippen LogP contribution in [-0.4, -0.2) is 3.90 Å². The molecule has 0 saturated heterocycles. The van der Waals surface area contributed by atoms with E-state index in [-0.39, 0.29) is 5.41 Å². The molecule has 0 spiro atoms. The van der Waals surface area contributed by atoms with Gasteiger partial charge in [-0.2, -0.15) is 0 Å². The minimum absolute atomic E-state index is 0.208. The van der Waals surface area contributed by atoms with Crippen LogP contribution in [0.1, 0.15) is 41.5 Å². The third-order valence-corrected chi connectivity index (χ3v) is 2.24. The van der Waals surface area contributed by atoms with Crippen LogP contribution in [0.5, 0.6) is 0 Å².